The third-order valence-corrected chi connectivity index (χ3v) is 8.66. The summed E-state index contributed by atoms with van der Waals surface area (Å²) in [6.45, 7) is 8.52. The topological polar surface area (TPSA) is 117 Å². The molecule has 1 aromatic heterocycles. The lowest BCUT2D eigenvalue weighted by molar-refractivity contribution is -0.141. The van der Waals surface area contributed by atoms with Crippen LogP contribution >= 0.6 is 11.3 Å². The molecule has 0 spiro atoms. The maximum absolute atomic E-state index is 13.3. The predicted octanol–water partition coefficient (Wildman–Crippen LogP) is 3.94. The number of thiazole rings is 1. The highest BCUT2D eigenvalue weighted by molar-refractivity contribution is 7.89. The van der Waals surface area contributed by atoms with E-state index in [-0.39, 0.29) is 33.6 Å². The second kappa shape index (κ2) is 12.8. The zero-order valence-electron chi connectivity index (χ0n) is 23.3. The van der Waals surface area contributed by atoms with Gasteiger partial charge in [0.1, 0.15) is 6.54 Å². The van der Waals surface area contributed by atoms with Crippen molar-refractivity contribution in [2.24, 2.45) is 16.8 Å². The van der Waals surface area contributed by atoms with Crippen LogP contribution < -0.4 is 14.3 Å². The van der Waals surface area contributed by atoms with Crippen LogP contribution in [-0.2, 0) is 26.1 Å². The minimum atomic E-state index is -3.73. The molecule has 0 aliphatic rings. The van der Waals surface area contributed by atoms with Gasteiger partial charge in [0.25, 0.3) is 5.91 Å². The quantitative estimate of drug-likeness (QED) is 0.317. The summed E-state index contributed by atoms with van der Waals surface area (Å²) in [5.74, 6) is 0.187. The lowest BCUT2D eigenvalue weighted by atomic mass is 10.2. The second-order valence-corrected chi connectivity index (χ2v) is 12.7. The van der Waals surface area contributed by atoms with Crippen LogP contribution in [0.4, 0.5) is 0 Å². The molecule has 0 N–H and O–H groups in total. The van der Waals surface area contributed by atoms with Crippen molar-refractivity contribution in [1.29, 1.82) is 0 Å². The smallest absolute Gasteiger partial charge is 0.325 e. The van der Waals surface area contributed by atoms with Gasteiger partial charge in [-0.3, -0.25) is 9.59 Å². The number of carbonyl (C=O) groups is 2. The molecule has 3 rings (SSSR count). The summed E-state index contributed by atoms with van der Waals surface area (Å²) in [4.78, 5) is 29.9. The van der Waals surface area contributed by atoms with Crippen molar-refractivity contribution in [2.45, 2.75) is 39.1 Å². The summed E-state index contributed by atoms with van der Waals surface area (Å²) < 4.78 is 46.0. The molecule has 1 heterocycles. The van der Waals surface area contributed by atoms with E-state index >= 15 is 0 Å². The molecule has 0 saturated carbocycles. The van der Waals surface area contributed by atoms with Gasteiger partial charge in [0.15, 0.2) is 16.3 Å². The maximum Gasteiger partial charge on any atom is 0.325 e. The summed E-state index contributed by atoms with van der Waals surface area (Å²) in [7, 11) is 0.569. The van der Waals surface area contributed by atoms with Crippen LogP contribution in [0.5, 0.6) is 11.5 Å². The molecule has 3 aromatic rings. The van der Waals surface area contributed by atoms with Crippen molar-refractivity contribution >= 4 is 43.5 Å². The average molecular weight is 578 g/mol. The third kappa shape index (κ3) is 7.06. The summed E-state index contributed by atoms with van der Waals surface area (Å²) in [5.41, 5.74) is 0.830. The van der Waals surface area contributed by atoms with Gasteiger partial charge in [-0.1, -0.05) is 39.0 Å². The van der Waals surface area contributed by atoms with Gasteiger partial charge in [-0.15, -0.1) is 0 Å². The van der Waals surface area contributed by atoms with Gasteiger partial charge in [0.2, 0.25) is 10.0 Å². The molecule has 12 heteroatoms. The van der Waals surface area contributed by atoms with Gasteiger partial charge < -0.3 is 18.8 Å². The molecule has 0 radical (unpaired) electrons. The SMILES string of the molecule is COC(=O)Cn1c(=NC(=O)c2ccc(S(=O)(=O)N(CC(C)C)CC(C)C)cc2)sc2cc(OC)c(OC)cc21. The molecular weight excluding hydrogens is 542 g/mol. The first-order chi connectivity index (χ1) is 18.4. The van der Waals surface area contributed by atoms with Crippen LogP contribution in [0.1, 0.15) is 38.1 Å². The number of ether oxygens (including phenoxy) is 3. The molecule has 1 amide bonds. The molecule has 0 fully saturated rings. The Bertz CT molecular complexity index is 1490. The number of hydrogen-bond donors (Lipinski definition) is 0. The molecule has 10 nitrogen and oxygen atoms in total. The van der Waals surface area contributed by atoms with Crippen molar-refractivity contribution in [3.8, 4) is 11.5 Å². The molecule has 2 aromatic carbocycles. The zero-order valence-corrected chi connectivity index (χ0v) is 24.9. The highest BCUT2D eigenvalue weighted by atomic mass is 32.2. The number of amides is 1. The van der Waals surface area contributed by atoms with Crippen molar-refractivity contribution in [2.75, 3.05) is 34.4 Å². The monoisotopic (exact) mass is 577 g/mol. The molecule has 0 aliphatic heterocycles. The first-order valence-electron chi connectivity index (χ1n) is 12.4. The largest absolute Gasteiger partial charge is 0.493 e. The molecule has 0 bridgehead atoms. The van der Waals surface area contributed by atoms with E-state index in [1.165, 1.54) is 61.2 Å². The number of esters is 1. The number of hydrogen-bond acceptors (Lipinski definition) is 8. The third-order valence-electron chi connectivity index (χ3n) is 5.78. The lowest BCUT2D eigenvalue weighted by Crippen LogP contribution is -2.37. The maximum atomic E-state index is 13.3. The van der Waals surface area contributed by atoms with Gasteiger partial charge in [-0.05, 0) is 36.1 Å². The van der Waals surface area contributed by atoms with Gasteiger partial charge in [0, 0.05) is 30.8 Å². The molecule has 0 aliphatic carbocycles. The van der Waals surface area contributed by atoms with E-state index < -0.39 is 21.9 Å². The number of sulfonamides is 1. The van der Waals surface area contributed by atoms with Crippen molar-refractivity contribution in [1.82, 2.24) is 8.87 Å². The Labute approximate surface area is 232 Å². The van der Waals surface area contributed by atoms with Crippen LogP contribution in [0.25, 0.3) is 10.2 Å². The van der Waals surface area contributed by atoms with E-state index in [0.717, 1.165) is 4.70 Å². The lowest BCUT2D eigenvalue weighted by Gasteiger charge is -2.25. The van der Waals surface area contributed by atoms with E-state index in [1.54, 1.807) is 16.7 Å². The number of methoxy groups -OCH3 is 3. The van der Waals surface area contributed by atoms with Crippen LogP contribution in [0, 0.1) is 11.8 Å². The predicted molar refractivity (Wildman–Crippen MR) is 150 cm³/mol. The fourth-order valence-corrected chi connectivity index (χ4v) is 6.79. The van der Waals surface area contributed by atoms with Crippen LogP contribution in [0.2, 0.25) is 0 Å². The minimum absolute atomic E-state index is 0.113. The Kier molecular flexibility index (Phi) is 9.92. The molecule has 0 atom stereocenters. The molecule has 0 unspecified atom stereocenters. The van der Waals surface area contributed by atoms with Crippen molar-refractivity contribution < 1.29 is 32.2 Å². The minimum Gasteiger partial charge on any atom is -0.493 e. The molecule has 39 heavy (non-hydrogen) atoms. The summed E-state index contributed by atoms with van der Waals surface area (Å²) >= 11 is 1.20. The summed E-state index contributed by atoms with van der Waals surface area (Å²) in [5, 5.41) is 0. The number of rotatable bonds is 11. The highest BCUT2D eigenvalue weighted by Gasteiger charge is 2.26. The Morgan fingerprint density at radius 3 is 2.03 bits per heavy atom. The second-order valence-electron chi connectivity index (χ2n) is 9.77. The highest BCUT2D eigenvalue weighted by Crippen LogP contribution is 2.33. The van der Waals surface area contributed by atoms with E-state index in [1.807, 2.05) is 27.7 Å². The van der Waals surface area contributed by atoms with Gasteiger partial charge >= 0.3 is 5.97 Å². The van der Waals surface area contributed by atoms with Crippen LogP contribution in [0.15, 0.2) is 46.3 Å². The Hall–Kier alpha value is -3.22. The number of carbonyl (C=O) groups excluding carboxylic acids is 2. The zero-order chi connectivity index (χ0) is 28.9. The Morgan fingerprint density at radius 1 is 0.949 bits per heavy atom. The standard InChI is InChI=1S/C27H35N3O7S2/c1-17(2)14-29(15-18(3)4)39(33,34)20-10-8-19(9-11-20)26(32)28-27-30(16-25(31)37-7)21-12-22(35-5)23(36-6)13-24(21)38-27/h8-13,17-18H,14-16H2,1-7H3. The van der Waals surface area contributed by atoms with Crippen LogP contribution in [0.3, 0.4) is 0 Å². The van der Waals surface area contributed by atoms with Crippen LogP contribution in [-0.4, -0.2) is 63.6 Å². The van der Waals surface area contributed by atoms with E-state index in [2.05, 4.69) is 4.99 Å². The Morgan fingerprint density at radius 2 is 1.51 bits per heavy atom. The number of nitrogens with zero attached hydrogens (tertiary/aromatic N) is 3. The van der Waals surface area contributed by atoms with Gasteiger partial charge in [-0.25, -0.2) is 8.42 Å². The number of benzene rings is 2. The van der Waals surface area contributed by atoms with E-state index in [4.69, 9.17) is 14.2 Å². The number of fused-ring (bicyclic) bond motifs is 1. The molecular formula is C27H35N3O7S2. The van der Waals surface area contributed by atoms with Crippen molar-refractivity contribution in [3.63, 3.8) is 0 Å². The normalized spacial score (nSPS) is 12.5. The number of aromatic nitrogens is 1. The van der Waals surface area contributed by atoms with Gasteiger partial charge in [0.05, 0.1) is 36.4 Å². The Balaban J connectivity index is 2.02. The van der Waals surface area contributed by atoms with Crippen molar-refractivity contribution in [3.05, 3.63) is 46.8 Å². The first-order valence-corrected chi connectivity index (χ1v) is 14.7. The van der Waals surface area contributed by atoms with E-state index in [9.17, 15) is 18.0 Å². The fraction of sp³-hybridized carbons (Fsp3) is 0.444. The molecule has 212 valence electrons. The first kappa shape index (κ1) is 30.3. The average Bonchev–Trinajstić information content (AvgIpc) is 3.21. The fourth-order valence-electron chi connectivity index (χ4n) is 3.98. The molecule has 0 saturated heterocycles. The van der Waals surface area contributed by atoms with Gasteiger partial charge in [-0.2, -0.15) is 9.30 Å². The summed E-state index contributed by atoms with van der Waals surface area (Å²) in [6, 6.07) is 9.20. The van der Waals surface area contributed by atoms with E-state index in [0.29, 0.717) is 30.1 Å². The summed E-state index contributed by atoms with van der Waals surface area (Å²) in [6.07, 6.45) is 0.